The van der Waals surface area contributed by atoms with Gasteiger partial charge in [-0.3, -0.25) is 33.8 Å². The number of ether oxygens (including phenoxy) is 2. The van der Waals surface area contributed by atoms with Gasteiger partial charge in [-0.25, -0.2) is 29.5 Å². The standard InChI is InChI=1S/C28H36N6O2S2.C26H36Cl2N4O4S.C25H34N6O2S.C24H32Cl2N4O2S/c1-20(6-11-30-28(36)27-21(2)31-19-32-22(27)3)33-12-7-24(8-13-33)34(16-23-9-14-37-17-23)26(35)18-38-25-5-4-10-29-15-25;1-18-14-22(27)30-25(28)24(18)26(34)29-8-4-19(2)31-9-5-21(6-10-31)32(15-20-7-13-37-17-20)23(33)16-36-12-11-35-3;1-17-13-21(14-26)29-19(3)23(17)24(32)28-9-5-18(2)30-10-6-22(7-11-30)31(25(33)27-4)15-20-8-12-34-16-20;1-16-12-19(25)13-21(26)22(16)23(31)28-8-4-17(2)29-9-5-20(6-10-29)30(24(32)27-3)14-18-7-11-33-15-18/h4-5,9-10,14-15,17,19-20,24H,6-8,11-13,16,18H2,1-3H3,(H,30,36);7,13-14,17,19,21H,4-6,8-12,15-16H2,1-3H3,(H,29,34);8,12-13,16,18,22H,5-7,9-11,15H2,1-4H3,(H,27,33)(H,28,32);7,11-13,15,17,20H,4-6,8-10,14H2,1-3H3,(H,27,32)(H,28,31)/t;19-;18-;17-/m.111/s1. The van der Waals surface area contributed by atoms with Gasteiger partial charge in [0.05, 0.1) is 63.3 Å². The van der Waals surface area contributed by atoms with E-state index < -0.39 is 0 Å². The van der Waals surface area contributed by atoms with Crippen LogP contribution in [0.25, 0.3) is 0 Å². The van der Waals surface area contributed by atoms with Gasteiger partial charge in [0.1, 0.15) is 35.0 Å². The van der Waals surface area contributed by atoms with Crippen molar-refractivity contribution < 1.29 is 47.8 Å². The van der Waals surface area contributed by atoms with Gasteiger partial charge < -0.3 is 80.6 Å². The van der Waals surface area contributed by atoms with Crippen molar-refractivity contribution in [1.82, 2.24) is 96.0 Å². The highest BCUT2D eigenvalue weighted by Gasteiger charge is 2.36. The van der Waals surface area contributed by atoms with Crippen molar-refractivity contribution in [3.05, 3.63) is 227 Å². The molecule has 0 aliphatic carbocycles. The third-order valence-corrected chi connectivity index (χ3v) is 31.5. The van der Waals surface area contributed by atoms with Crippen LogP contribution in [0.5, 0.6) is 0 Å². The molecule has 6 N–H and O–H groups in total. The summed E-state index contributed by atoms with van der Waals surface area (Å²) in [6.45, 7) is 32.8. The largest absolute Gasteiger partial charge is 0.382 e. The number of nitriles is 1. The number of benzene rings is 1. The molecule has 13 rings (SSSR count). The second kappa shape index (κ2) is 59.3. The van der Waals surface area contributed by atoms with E-state index in [1.165, 1.54) is 23.0 Å². The van der Waals surface area contributed by atoms with Crippen molar-refractivity contribution in [3.8, 4) is 6.07 Å². The molecule has 9 aromatic rings. The predicted molar refractivity (Wildman–Crippen MR) is 570 cm³/mol. The summed E-state index contributed by atoms with van der Waals surface area (Å²) in [5.74, 6) is -0.0670. The number of aromatic nitrogens is 5. The second-order valence-electron chi connectivity index (χ2n) is 36.4. The highest BCUT2D eigenvalue weighted by Crippen LogP contribution is 2.32. The minimum atomic E-state index is -0.243. The topological polar surface area (TPSA) is 341 Å². The first kappa shape index (κ1) is 115. The zero-order chi connectivity index (χ0) is 102. The summed E-state index contributed by atoms with van der Waals surface area (Å²) in [7, 11) is 4.99. The smallest absolute Gasteiger partial charge is 0.317 e. The number of halogens is 4. The van der Waals surface area contributed by atoms with Crippen LogP contribution in [0.4, 0.5) is 9.59 Å². The highest BCUT2D eigenvalue weighted by atomic mass is 35.5. The maximum atomic E-state index is 13.4. The van der Waals surface area contributed by atoms with Crippen LogP contribution in [-0.2, 0) is 45.2 Å². The molecule has 768 valence electrons. The van der Waals surface area contributed by atoms with Gasteiger partial charge in [-0.05, 0) is 289 Å². The second-order valence-corrected chi connectivity index (χ2v) is 42.2. The number of thioether (sulfide) groups is 1. The Balaban J connectivity index is 0.000000195. The fraction of sp³-hybridized carbons (Fsp3) is 0.515. The molecule has 0 bridgehead atoms. The van der Waals surface area contributed by atoms with E-state index in [0.717, 1.165) is 151 Å². The van der Waals surface area contributed by atoms with E-state index in [0.29, 0.717) is 156 Å². The molecule has 1 aromatic carbocycles. The Hall–Kier alpha value is -9.33. The summed E-state index contributed by atoms with van der Waals surface area (Å²) in [6.07, 6.45) is 15.8. The van der Waals surface area contributed by atoms with Gasteiger partial charge in [-0.1, -0.05) is 46.4 Å². The van der Waals surface area contributed by atoms with E-state index in [9.17, 15) is 38.4 Å². The number of aryl methyl sites for hydroxylation is 6. The van der Waals surface area contributed by atoms with Crippen molar-refractivity contribution in [3.63, 3.8) is 0 Å². The molecule has 4 atom stereocenters. The Kier molecular flexibility index (Phi) is 47.9. The van der Waals surface area contributed by atoms with Crippen molar-refractivity contribution in [2.75, 3.05) is 125 Å². The van der Waals surface area contributed by atoms with Crippen LogP contribution in [0.2, 0.25) is 20.4 Å². The van der Waals surface area contributed by atoms with Crippen LogP contribution in [0.15, 0.2) is 127 Å². The molecular formula is C103H138Cl4N20O10S5. The molecular weight excluding hydrogens is 1980 g/mol. The Labute approximate surface area is 877 Å². The van der Waals surface area contributed by atoms with Crippen LogP contribution in [-0.4, -0.2) is 285 Å². The normalized spacial score (nSPS) is 15.5. The molecule has 0 radical (unpaired) electrons. The number of carbonyl (C=O) groups is 8. The van der Waals surface area contributed by atoms with Gasteiger partial charge in [0.2, 0.25) is 11.8 Å². The molecule has 4 aliphatic rings. The molecule has 39 heteroatoms. The molecule has 0 saturated carbocycles. The number of pyridine rings is 3. The number of amides is 10. The summed E-state index contributed by atoms with van der Waals surface area (Å²) < 4.78 is 10.5. The highest BCUT2D eigenvalue weighted by molar-refractivity contribution is 8.00. The first-order valence-corrected chi connectivity index (χ1v) is 54.9. The molecule has 1 unspecified atom stereocenters. The van der Waals surface area contributed by atoms with Crippen LogP contribution in [0, 0.1) is 52.9 Å². The number of nitrogens with zero attached hydrogens (tertiary/aromatic N) is 14. The fourth-order valence-electron chi connectivity index (χ4n) is 18.5. The van der Waals surface area contributed by atoms with E-state index in [-0.39, 0.29) is 88.6 Å². The maximum absolute atomic E-state index is 13.4. The average Bonchev–Trinajstić information content (AvgIpc) is 1.44. The van der Waals surface area contributed by atoms with Crippen molar-refractivity contribution in [1.29, 1.82) is 5.26 Å². The molecule has 142 heavy (non-hydrogen) atoms. The van der Waals surface area contributed by atoms with Crippen molar-refractivity contribution in [2.45, 2.75) is 226 Å². The number of likely N-dealkylation sites (tertiary alicyclic amines) is 4. The van der Waals surface area contributed by atoms with Crippen LogP contribution in [0.3, 0.4) is 0 Å². The van der Waals surface area contributed by atoms with Crippen LogP contribution >= 0.6 is 104 Å². The average molecular weight is 2120 g/mol. The van der Waals surface area contributed by atoms with Crippen molar-refractivity contribution >= 4 is 151 Å². The lowest BCUT2D eigenvalue weighted by Gasteiger charge is -2.41. The van der Waals surface area contributed by atoms with Gasteiger partial charge in [-0.15, -0.1) is 11.8 Å². The fourth-order valence-corrected chi connectivity index (χ4v) is 23.2. The summed E-state index contributed by atoms with van der Waals surface area (Å²) in [5, 5.41) is 44.5. The quantitative estimate of drug-likeness (QED) is 0.0118. The summed E-state index contributed by atoms with van der Waals surface area (Å²) in [4.78, 5) is 141. The number of hydrogen-bond acceptors (Lipinski definition) is 25. The molecule has 8 aromatic heterocycles. The van der Waals surface area contributed by atoms with E-state index in [1.807, 2.05) is 76.7 Å². The molecule has 12 heterocycles. The number of piperidine rings is 4. The van der Waals surface area contributed by atoms with E-state index in [1.54, 1.807) is 129 Å². The first-order chi connectivity index (χ1) is 68.3. The van der Waals surface area contributed by atoms with E-state index in [2.05, 4.69) is 160 Å². The Morgan fingerprint density at radius 1 is 0.486 bits per heavy atom. The lowest BCUT2D eigenvalue weighted by atomic mass is 10.00. The minimum Gasteiger partial charge on any atom is -0.382 e. The number of nitrogens with one attached hydrogen (secondary N) is 6. The zero-order valence-electron chi connectivity index (χ0n) is 83.8. The number of carbonyl (C=O) groups excluding carboxylic acids is 8. The lowest BCUT2D eigenvalue weighted by molar-refractivity contribution is -0.141. The summed E-state index contributed by atoms with van der Waals surface area (Å²) in [5.41, 5.74) is 11.2. The van der Waals surface area contributed by atoms with Gasteiger partial charge in [0, 0.05) is 197 Å². The summed E-state index contributed by atoms with van der Waals surface area (Å²) >= 11 is 32.4. The SMILES string of the molecule is CNC(=O)N(Cc1ccsc1)C1CCN([C@H](C)CCNC(=O)c2c(C)cc(C#N)nc2C)CC1.CNC(=O)N(Cc1ccsc1)C1CCN([C@H](C)CCNC(=O)c2c(C)cc(Cl)cc2Cl)CC1.COCCOCC(=O)N(Cc1ccsc1)C1CCN([C@H](C)CCNC(=O)c2c(C)cc(Cl)nc2Cl)CC1.Cc1ncnc(C)c1C(=O)NCCC(C)N1CCC(N(Cc2ccsc2)C(=O)CSc2cccnc2)CC1. The number of hydrogen-bond donors (Lipinski definition) is 6. The number of rotatable bonds is 40. The van der Waals surface area contributed by atoms with Gasteiger partial charge in [0.15, 0.2) is 0 Å². The molecule has 4 saturated heterocycles. The minimum absolute atomic E-state index is 0.0159. The molecule has 4 aliphatic heterocycles. The Morgan fingerprint density at radius 2 is 0.873 bits per heavy atom. The monoisotopic (exact) mass is 2110 g/mol. The molecule has 0 spiro atoms. The number of methoxy groups -OCH3 is 1. The Bertz CT molecular complexity index is 5420. The lowest BCUT2D eigenvalue weighted by Crippen LogP contribution is -2.51. The van der Waals surface area contributed by atoms with Gasteiger partial charge in [0.25, 0.3) is 23.6 Å². The molecule has 10 amide bonds. The predicted octanol–water partition coefficient (Wildman–Crippen LogP) is 17.4. The number of urea groups is 2. The number of thiophene rings is 4. The maximum Gasteiger partial charge on any atom is 0.317 e. The summed E-state index contributed by atoms with van der Waals surface area (Å²) in [6, 6.07) is 22.9. The zero-order valence-corrected chi connectivity index (χ0v) is 90.9. The van der Waals surface area contributed by atoms with E-state index in [4.69, 9.17) is 61.1 Å². The van der Waals surface area contributed by atoms with E-state index >= 15 is 0 Å². The third kappa shape index (κ3) is 35.2. The van der Waals surface area contributed by atoms with Gasteiger partial charge in [-0.2, -0.15) is 50.6 Å². The van der Waals surface area contributed by atoms with Crippen LogP contribution in [0.1, 0.15) is 208 Å². The van der Waals surface area contributed by atoms with Gasteiger partial charge >= 0.3 is 12.1 Å². The van der Waals surface area contributed by atoms with Crippen LogP contribution < -0.4 is 31.9 Å². The third-order valence-electron chi connectivity index (χ3n) is 26.7. The Morgan fingerprint density at radius 3 is 1.25 bits per heavy atom. The van der Waals surface area contributed by atoms with Crippen molar-refractivity contribution in [2.24, 2.45) is 0 Å². The molecule has 4 fully saturated rings. The first-order valence-electron chi connectivity index (χ1n) is 48.6. The molecule has 30 nitrogen and oxygen atoms in total.